The van der Waals surface area contributed by atoms with Crippen molar-refractivity contribution in [1.29, 1.82) is 15.9 Å². The first-order valence-corrected chi connectivity index (χ1v) is 31.8. The van der Waals surface area contributed by atoms with E-state index in [-0.39, 0.29) is 171 Å². The number of benzene rings is 4. The minimum Gasteiger partial charge on any atom is -0.377 e. The van der Waals surface area contributed by atoms with Crippen LogP contribution in [0.2, 0.25) is 0 Å². The van der Waals surface area contributed by atoms with E-state index in [4.69, 9.17) is 43.3 Å². The quantitative estimate of drug-likeness (QED) is 0.00988. The van der Waals surface area contributed by atoms with Crippen LogP contribution in [0.25, 0.3) is 34.0 Å². The van der Waals surface area contributed by atoms with Crippen molar-refractivity contribution in [3.63, 3.8) is 0 Å². The minimum absolute atomic E-state index is 0.0180. The van der Waals surface area contributed by atoms with Gasteiger partial charge in [-0.25, -0.2) is 4.68 Å². The average molecular weight is 1420 g/mol. The van der Waals surface area contributed by atoms with E-state index in [1.54, 1.807) is 61.5 Å². The van der Waals surface area contributed by atoms with Crippen LogP contribution in [0.4, 0.5) is 32.0 Å². The van der Waals surface area contributed by atoms with Crippen molar-refractivity contribution >= 4 is 41.2 Å². The molecule has 0 radical (unpaired) electrons. The minimum atomic E-state index is -4.72. The summed E-state index contributed by atoms with van der Waals surface area (Å²) in [7, 11) is 0. The van der Waals surface area contributed by atoms with Crippen LogP contribution in [0.5, 0.6) is 0 Å². The van der Waals surface area contributed by atoms with Crippen LogP contribution in [-0.4, -0.2) is 181 Å². The van der Waals surface area contributed by atoms with E-state index in [2.05, 4.69) is 31.7 Å². The van der Waals surface area contributed by atoms with Gasteiger partial charge in [-0.2, -0.15) is 42.0 Å². The number of nitrogens with one attached hydrogen (secondary N) is 6. The summed E-state index contributed by atoms with van der Waals surface area (Å²) in [4.78, 5) is 79.4. The molecule has 0 bridgehead atoms. The third kappa shape index (κ3) is 23.5. The fourth-order valence-corrected chi connectivity index (χ4v) is 9.81. The molecular weight excluding hydrogens is 1350 g/mol. The number of rotatable bonds is 40. The Balaban J connectivity index is 0.678. The lowest BCUT2D eigenvalue weighted by Crippen LogP contribution is -2.42. The van der Waals surface area contributed by atoms with E-state index in [9.17, 15) is 65.6 Å². The summed E-state index contributed by atoms with van der Waals surface area (Å²) in [6, 6.07) is 29.5. The van der Waals surface area contributed by atoms with Gasteiger partial charge in [0.1, 0.15) is 11.1 Å². The number of nitrogens with zero attached hydrogens (tertiary/aromatic N) is 6. The van der Waals surface area contributed by atoms with Crippen molar-refractivity contribution in [2.45, 2.75) is 26.2 Å². The van der Waals surface area contributed by atoms with Gasteiger partial charge in [-0.1, -0.05) is 12.1 Å². The van der Waals surface area contributed by atoms with Crippen molar-refractivity contribution in [3.8, 4) is 40.5 Å². The van der Waals surface area contributed by atoms with Crippen LogP contribution in [0.15, 0.2) is 137 Å². The molecule has 4 aromatic carbocycles. The molecule has 26 nitrogen and oxygen atoms in total. The molecule has 4 amide bonds. The van der Waals surface area contributed by atoms with Crippen LogP contribution in [0.3, 0.4) is 0 Å². The molecule has 7 rings (SSSR count). The van der Waals surface area contributed by atoms with Crippen LogP contribution in [-0.2, 0) is 59.8 Å². The fourth-order valence-electron chi connectivity index (χ4n) is 9.81. The molecular formula is C70H74F6N12O14. The zero-order chi connectivity index (χ0) is 73.4. The first kappa shape index (κ1) is 78.7. The topological polar surface area (TPSA) is 336 Å². The van der Waals surface area contributed by atoms with Crippen molar-refractivity contribution < 1.29 is 83.4 Å². The number of halogens is 6. The molecule has 540 valence electrons. The number of hydrogen-bond acceptors (Lipinski definition) is 19. The van der Waals surface area contributed by atoms with Gasteiger partial charge in [0.25, 0.3) is 22.9 Å². The molecule has 102 heavy (non-hydrogen) atoms. The number of carbonyl (C=O) groups is 4. The summed E-state index contributed by atoms with van der Waals surface area (Å²) >= 11 is 0. The van der Waals surface area contributed by atoms with Gasteiger partial charge < -0.3 is 69.9 Å². The predicted molar refractivity (Wildman–Crippen MR) is 360 cm³/mol. The third-order valence-electron chi connectivity index (χ3n) is 14.8. The van der Waals surface area contributed by atoms with Gasteiger partial charge in [0.2, 0.25) is 0 Å². The zero-order valence-electron chi connectivity index (χ0n) is 55.5. The van der Waals surface area contributed by atoms with Crippen LogP contribution in [0, 0.1) is 41.9 Å². The van der Waals surface area contributed by atoms with Gasteiger partial charge in [0, 0.05) is 77.7 Å². The molecule has 0 saturated carbocycles. The molecule has 3 heterocycles. The van der Waals surface area contributed by atoms with Gasteiger partial charge in [0.05, 0.1) is 158 Å². The number of alkyl halides is 6. The van der Waals surface area contributed by atoms with Gasteiger partial charge in [0.15, 0.2) is 0 Å². The van der Waals surface area contributed by atoms with E-state index >= 15 is 0 Å². The number of anilines is 1. The molecule has 0 aliphatic rings. The largest absolute Gasteiger partial charge is 0.416 e. The number of carbonyl (C=O) groups excluding carboxylic acids is 4. The molecule has 7 aromatic rings. The highest BCUT2D eigenvalue weighted by Gasteiger charge is 2.33. The average Bonchev–Trinajstić information content (AvgIpc) is 1.09. The Morgan fingerprint density at radius 2 is 0.882 bits per heavy atom. The van der Waals surface area contributed by atoms with Crippen LogP contribution in [0.1, 0.15) is 59.9 Å². The maximum absolute atomic E-state index is 14.0. The Labute approximate surface area is 581 Å². The summed E-state index contributed by atoms with van der Waals surface area (Å²) in [5, 5.41) is 43.9. The molecule has 0 aliphatic heterocycles. The van der Waals surface area contributed by atoms with Crippen molar-refractivity contribution in [3.05, 3.63) is 199 Å². The maximum Gasteiger partial charge on any atom is 0.416 e. The summed E-state index contributed by atoms with van der Waals surface area (Å²) in [5.41, 5.74) is -1.28. The highest BCUT2D eigenvalue weighted by Crippen LogP contribution is 2.34. The second kappa shape index (κ2) is 39.9. The first-order valence-electron chi connectivity index (χ1n) is 31.8. The van der Waals surface area contributed by atoms with E-state index in [1.807, 2.05) is 12.1 Å². The number of allylic oxidation sites excluding steroid dienone is 1. The summed E-state index contributed by atoms with van der Waals surface area (Å²) in [6.07, 6.45) is -5.63. The highest BCUT2D eigenvalue weighted by atomic mass is 19.4. The number of pyridine rings is 2. The number of nitriles is 2. The lowest BCUT2D eigenvalue weighted by atomic mass is 10.0. The Morgan fingerprint density at radius 1 is 0.490 bits per heavy atom. The number of amides is 4. The molecule has 32 heteroatoms. The van der Waals surface area contributed by atoms with E-state index in [1.165, 1.54) is 54.2 Å². The SMILES string of the molecule is Cc1c(/C(=C/C=N)Nc2ccc(C#N)cc2)cc(C(=O)NCCOCCOCCOCCOCCNC(=O)C(=O)NCCOCCOCCOCCOCCNC(=O)c2cc(-c3ccnn3-c3ccc(C#N)cc3)c(C)n(-c3cccc(C(F)(F)F)c3)c2=O)c(=O)n1-c1cccc(C(F)(F)F)c1. The number of aromatic nitrogens is 4. The number of hydrogen-bond donors (Lipinski definition) is 6. The van der Waals surface area contributed by atoms with Crippen molar-refractivity contribution in [2.75, 3.05) is 137 Å². The monoisotopic (exact) mass is 1420 g/mol. The molecule has 6 N–H and O–H groups in total. The molecule has 0 aliphatic carbocycles. The number of ether oxygens (including phenoxy) is 8. The lowest BCUT2D eigenvalue weighted by molar-refractivity contribution is -0.139. The molecule has 0 atom stereocenters. The summed E-state index contributed by atoms with van der Waals surface area (Å²) in [5.74, 6) is -3.33. The molecule has 3 aromatic heterocycles. The molecule has 0 unspecified atom stereocenters. The van der Waals surface area contributed by atoms with Crippen molar-refractivity contribution in [1.82, 2.24) is 40.2 Å². The van der Waals surface area contributed by atoms with Gasteiger partial charge in [-0.05, 0) is 123 Å². The smallest absolute Gasteiger partial charge is 0.377 e. The fraction of sp³-hybridized carbons (Fsp3) is 0.343. The summed E-state index contributed by atoms with van der Waals surface area (Å²) in [6.45, 7) is 5.80. The van der Waals surface area contributed by atoms with Crippen molar-refractivity contribution in [2.24, 2.45) is 0 Å². The Hall–Kier alpha value is -10.7. The molecule has 0 fully saturated rings. The Kier molecular flexibility index (Phi) is 30.8. The van der Waals surface area contributed by atoms with Crippen LogP contribution >= 0.6 is 0 Å². The zero-order valence-corrected chi connectivity index (χ0v) is 55.5. The highest BCUT2D eigenvalue weighted by molar-refractivity contribution is 6.35. The first-order chi connectivity index (χ1) is 49.1. The predicted octanol–water partition coefficient (Wildman–Crippen LogP) is 6.87. The van der Waals surface area contributed by atoms with Gasteiger partial charge >= 0.3 is 24.2 Å². The second-order valence-electron chi connectivity index (χ2n) is 21.8. The maximum atomic E-state index is 14.0. The molecule has 0 saturated heterocycles. The summed E-state index contributed by atoms with van der Waals surface area (Å²) < 4.78 is 130. The standard InChI is InChI=1S/C70H74F6N12O14/c1-47-57(61(17-19-77)85-53-13-9-49(45-78)10-14-53)43-59(67(93)86(47)55-7-3-5-51(41-55)69(71,72)73)63(89)80-21-25-95-29-33-99-37-39-101-35-31-97-27-23-82-65(91)66(92)83-24-28-98-32-36-102-40-38-100-34-30-96-26-22-81-64(90)60-44-58(62-18-20-84-88(62)54-15-11-50(46-79)12-16-54)48(2)87(68(60)94)56-8-4-6-52(42-56)70(74,75)76/h3-20,41-44,77,85H,21-40H2,1-2H3,(H,80,89)(H,81,90)(H,82,91)(H,83,92)/b61-17-,77-19?. The van der Waals surface area contributed by atoms with Gasteiger partial charge in [-0.3, -0.25) is 37.9 Å². The Bertz CT molecular complexity index is 4220. The van der Waals surface area contributed by atoms with E-state index in [0.717, 1.165) is 45.7 Å². The Morgan fingerprint density at radius 3 is 1.29 bits per heavy atom. The van der Waals surface area contributed by atoms with E-state index < -0.39 is 63.8 Å². The molecule has 0 spiro atoms. The third-order valence-corrected chi connectivity index (χ3v) is 14.8. The van der Waals surface area contributed by atoms with Gasteiger partial charge in [-0.15, -0.1) is 0 Å². The van der Waals surface area contributed by atoms with E-state index in [0.29, 0.717) is 33.8 Å². The lowest BCUT2D eigenvalue weighted by Gasteiger charge is -2.20. The second-order valence-corrected chi connectivity index (χ2v) is 21.8. The normalized spacial score (nSPS) is 11.6. The van der Waals surface area contributed by atoms with Crippen LogP contribution < -0.4 is 37.7 Å².